The van der Waals surface area contributed by atoms with Crippen LogP contribution < -0.4 is 10.2 Å². The van der Waals surface area contributed by atoms with Gasteiger partial charge in [-0.15, -0.1) is 0 Å². The number of hydrogen-bond acceptors (Lipinski definition) is 2. The molecular formula is C15H16ClN3O. The molecule has 20 heavy (non-hydrogen) atoms. The van der Waals surface area contributed by atoms with Gasteiger partial charge in [0.25, 0.3) is 0 Å². The van der Waals surface area contributed by atoms with Crippen LogP contribution in [-0.2, 0) is 0 Å². The molecule has 1 aromatic carbocycles. The van der Waals surface area contributed by atoms with Gasteiger partial charge in [0, 0.05) is 24.1 Å². The van der Waals surface area contributed by atoms with Crippen molar-refractivity contribution in [3.05, 3.63) is 53.8 Å². The van der Waals surface area contributed by atoms with E-state index in [2.05, 4.69) is 10.3 Å². The smallest absolute Gasteiger partial charge is 0.307 e. The summed E-state index contributed by atoms with van der Waals surface area (Å²) in [7, 11) is 0. The summed E-state index contributed by atoms with van der Waals surface area (Å²) in [6.45, 7) is 2.68. The third-order valence-corrected chi connectivity index (χ3v) is 2.94. The lowest BCUT2D eigenvalue weighted by Gasteiger charge is -2.22. The second-order valence-electron chi connectivity index (χ2n) is 4.28. The number of carbonyl (C=O) groups excluding carboxylic acids is 1. The minimum absolute atomic E-state index is 0.180. The molecule has 2 aromatic rings. The molecule has 0 atom stereocenters. The molecule has 0 aliphatic carbocycles. The SMILES string of the molecule is CCCN(C(=O)Nc1ccnc(Cl)c1)c1ccccc1. The normalized spacial score (nSPS) is 10.1. The number of amides is 2. The molecule has 0 saturated heterocycles. The van der Waals surface area contributed by atoms with Crippen LogP contribution in [0.25, 0.3) is 0 Å². The summed E-state index contributed by atoms with van der Waals surface area (Å²) >= 11 is 5.81. The molecule has 1 heterocycles. The number of urea groups is 1. The van der Waals surface area contributed by atoms with Gasteiger partial charge in [0.05, 0.1) is 0 Å². The first-order chi connectivity index (χ1) is 9.70. The first-order valence-corrected chi connectivity index (χ1v) is 6.83. The highest BCUT2D eigenvalue weighted by molar-refractivity contribution is 6.29. The maximum Gasteiger partial charge on any atom is 0.326 e. The molecule has 5 heteroatoms. The van der Waals surface area contributed by atoms with Gasteiger partial charge in [-0.25, -0.2) is 9.78 Å². The number of para-hydroxylation sites is 1. The number of benzene rings is 1. The van der Waals surface area contributed by atoms with Crippen LogP contribution in [0.5, 0.6) is 0 Å². The van der Waals surface area contributed by atoms with Gasteiger partial charge in [-0.3, -0.25) is 4.90 Å². The van der Waals surface area contributed by atoms with Crippen molar-refractivity contribution in [2.45, 2.75) is 13.3 Å². The lowest BCUT2D eigenvalue weighted by atomic mass is 10.3. The standard InChI is InChI=1S/C15H16ClN3O/c1-2-10-19(13-6-4-3-5-7-13)15(20)18-12-8-9-17-14(16)11-12/h3-9,11H,2,10H2,1H3,(H,17,18,20). The van der Waals surface area contributed by atoms with E-state index in [4.69, 9.17) is 11.6 Å². The van der Waals surface area contributed by atoms with Crippen LogP contribution in [0, 0.1) is 0 Å². The first kappa shape index (κ1) is 14.3. The van der Waals surface area contributed by atoms with E-state index in [1.54, 1.807) is 23.2 Å². The van der Waals surface area contributed by atoms with Crippen LogP contribution in [0.4, 0.5) is 16.2 Å². The van der Waals surface area contributed by atoms with Crippen LogP contribution in [-0.4, -0.2) is 17.6 Å². The van der Waals surface area contributed by atoms with Crippen molar-refractivity contribution >= 4 is 29.0 Å². The molecule has 0 spiro atoms. The summed E-state index contributed by atoms with van der Waals surface area (Å²) < 4.78 is 0. The highest BCUT2D eigenvalue weighted by Crippen LogP contribution is 2.17. The van der Waals surface area contributed by atoms with Crippen LogP contribution in [0.1, 0.15) is 13.3 Å². The summed E-state index contributed by atoms with van der Waals surface area (Å²) in [4.78, 5) is 18.0. The predicted molar refractivity (Wildman–Crippen MR) is 82.3 cm³/mol. The zero-order valence-corrected chi connectivity index (χ0v) is 12.0. The number of hydrogen-bond donors (Lipinski definition) is 1. The van der Waals surface area contributed by atoms with Gasteiger partial charge >= 0.3 is 6.03 Å². The molecule has 0 saturated carbocycles. The summed E-state index contributed by atoms with van der Waals surface area (Å²) in [5.74, 6) is 0. The number of nitrogens with one attached hydrogen (secondary N) is 1. The van der Waals surface area contributed by atoms with Gasteiger partial charge in [-0.05, 0) is 30.7 Å². The van der Waals surface area contributed by atoms with Crippen molar-refractivity contribution in [2.75, 3.05) is 16.8 Å². The minimum Gasteiger partial charge on any atom is -0.307 e. The van der Waals surface area contributed by atoms with Crippen molar-refractivity contribution in [3.63, 3.8) is 0 Å². The van der Waals surface area contributed by atoms with Crippen LogP contribution >= 0.6 is 11.6 Å². The highest BCUT2D eigenvalue weighted by Gasteiger charge is 2.14. The van der Waals surface area contributed by atoms with Gasteiger partial charge in [-0.2, -0.15) is 0 Å². The number of nitrogens with zero attached hydrogens (tertiary/aromatic N) is 2. The van der Waals surface area contributed by atoms with Gasteiger partial charge in [0.1, 0.15) is 5.15 Å². The Balaban J connectivity index is 2.15. The molecule has 104 valence electrons. The Kier molecular flexibility index (Phi) is 4.96. The molecule has 2 amide bonds. The Bertz CT molecular complexity index is 574. The molecule has 0 radical (unpaired) electrons. The fraction of sp³-hybridized carbons (Fsp3) is 0.200. The predicted octanol–water partition coefficient (Wildman–Crippen LogP) is 4.18. The van der Waals surface area contributed by atoms with Crippen LogP contribution in [0.15, 0.2) is 48.7 Å². The Labute approximate surface area is 123 Å². The third kappa shape index (κ3) is 3.71. The average molecular weight is 290 g/mol. The van der Waals surface area contributed by atoms with E-state index in [1.165, 1.54) is 0 Å². The molecule has 1 N–H and O–H groups in total. The highest BCUT2D eigenvalue weighted by atomic mass is 35.5. The average Bonchev–Trinajstić information content (AvgIpc) is 2.45. The van der Waals surface area contributed by atoms with Crippen LogP contribution in [0.2, 0.25) is 5.15 Å². The lowest BCUT2D eigenvalue weighted by molar-refractivity contribution is 0.257. The van der Waals surface area contributed by atoms with E-state index >= 15 is 0 Å². The van der Waals surface area contributed by atoms with Gasteiger partial charge in [0.2, 0.25) is 0 Å². The quantitative estimate of drug-likeness (QED) is 0.858. The maximum atomic E-state index is 12.4. The fourth-order valence-corrected chi connectivity index (χ4v) is 2.02. The summed E-state index contributed by atoms with van der Waals surface area (Å²) in [6.07, 6.45) is 2.43. The minimum atomic E-state index is -0.180. The first-order valence-electron chi connectivity index (χ1n) is 6.46. The number of carbonyl (C=O) groups is 1. The van der Waals surface area contributed by atoms with Gasteiger partial charge in [0.15, 0.2) is 0 Å². The lowest BCUT2D eigenvalue weighted by Crippen LogP contribution is -2.35. The van der Waals surface area contributed by atoms with E-state index in [9.17, 15) is 4.79 Å². The number of rotatable bonds is 4. The van der Waals surface area contributed by atoms with E-state index in [0.717, 1.165) is 12.1 Å². The molecule has 0 unspecified atom stereocenters. The summed E-state index contributed by atoms with van der Waals surface area (Å²) in [5.41, 5.74) is 1.50. The van der Waals surface area contributed by atoms with Gasteiger partial charge in [-0.1, -0.05) is 36.7 Å². The van der Waals surface area contributed by atoms with E-state index in [1.807, 2.05) is 37.3 Å². The molecular weight excluding hydrogens is 274 g/mol. The fourth-order valence-electron chi connectivity index (χ4n) is 1.85. The number of pyridine rings is 1. The monoisotopic (exact) mass is 289 g/mol. The summed E-state index contributed by atoms with van der Waals surface area (Å²) in [6, 6.07) is 12.7. The topological polar surface area (TPSA) is 45.2 Å². The number of aromatic nitrogens is 1. The van der Waals surface area contributed by atoms with E-state index in [0.29, 0.717) is 17.4 Å². The Morgan fingerprint density at radius 1 is 1.30 bits per heavy atom. The molecule has 0 aliphatic heterocycles. The van der Waals surface area contributed by atoms with Crippen LogP contribution in [0.3, 0.4) is 0 Å². The van der Waals surface area contributed by atoms with Crippen molar-refractivity contribution < 1.29 is 4.79 Å². The molecule has 0 bridgehead atoms. The second kappa shape index (κ2) is 6.91. The van der Waals surface area contributed by atoms with E-state index in [-0.39, 0.29) is 6.03 Å². The van der Waals surface area contributed by atoms with Crippen molar-refractivity contribution in [3.8, 4) is 0 Å². The maximum absolute atomic E-state index is 12.4. The van der Waals surface area contributed by atoms with E-state index < -0.39 is 0 Å². The van der Waals surface area contributed by atoms with Crippen molar-refractivity contribution in [1.82, 2.24) is 4.98 Å². The molecule has 1 aromatic heterocycles. The van der Waals surface area contributed by atoms with Crippen molar-refractivity contribution in [2.24, 2.45) is 0 Å². The Hall–Kier alpha value is -2.07. The zero-order chi connectivity index (χ0) is 14.4. The molecule has 0 fully saturated rings. The second-order valence-corrected chi connectivity index (χ2v) is 4.67. The number of halogens is 1. The van der Waals surface area contributed by atoms with Crippen molar-refractivity contribution in [1.29, 1.82) is 0 Å². The summed E-state index contributed by atoms with van der Waals surface area (Å²) in [5, 5.41) is 3.18. The number of anilines is 2. The van der Waals surface area contributed by atoms with Gasteiger partial charge < -0.3 is 5.32 Å². The molecule has 2 rings (SSSR count). The zero-order valence-electron chi connectivity index (χ0n) is 11.2. The largest absolute Gasteiger partial charge is 0.326 e. The Morgan fingerprint density at radius 2 is 2.05 bits per heavy atom. The molecule has 0 aliphatic rings. The third-order valence-electron chi connectivity index (χ3n) is 2.74. The molecule has 4 nitrogen and oxygen atoms in total. The Morgan fingerprint density at radius 3 is 2.70 bits per heavy atom.